The van der Waals surface area contributed by atoms with Crippen molar-refractivity contribution in [2.75, 3.05) is 19.6 Å². The second-order valence-electron chi connectivity index (χ2n) is 5.39. The normalized spacial score (nSPS) is 32.2. The Bertz CT molecular complexity index is 391. The van der Waals surface area contributed by atoms with Gasteiger partial charge in [-0.15, -0.1) is 0 Å². The van der Waals surface area contributed by atoms with Gasteiger partial charge in [0, 0.05) is 13.1 Å². The number of nitrogens with zero attached hydrogens (tertiary/aromatic N) is 1. The Hall–Kier alpha value is -1.17. The molecule has 2 amide bonds. The van der Waals surface area contributed by atoms with Crippen LogP contribution in [0.15, 0.2) is 0 Å². The van der Waals surface area contributed by atoms with Gasteiger partial charge in [-0.25, -0.2) is 0 Å². The summed E-state index contributed by atoms with van der Waals surface area (Å²) >= 11 is 5.07. The van der Waals surface area contributed by atoms with Gasteiger partial charge in [-0.05, 0) is 25.2 Å². The van der Waals surface area contributed by atoms with Crippen molar-refractivity contribution < 1.29 is 9.59 Å². The van der Waals surface area contributed by atoms with E-state index in [1.165, 1.54) is 0 Å². The maximum Gasteiger partial charge on any atom is 0.239 e. The maximum absolute atomic E-state index is 12.6. The van der Waals surface area contributed by atoms with Gasteiger partial charge in [0.15, 0.2) is 0 Å². The summed E-state index contributed by atoms with van der Waals surface area (Å²) < 4.78 is 0. The van der Waals surface area contributed by atoms with Gasteiger partial charge in [-0.3, -0.25) is 9.59 Å². The van der Waals surface area contributed by atoms with Crippen LogP contribution < -0.4 is 11.1 Å². The Morgan fingerprint density at radius 1 is 1.56 bits per heavy atom. The van der Waals surface area contributed by atoms with E-state index in [9.17, 15) is 9.59 Å². The molecule has 6 heteroatoms. The number of amides is 2. The molecule has 100 valence electrons. The molecule has 1 aliphatic heterocycles. The van der Waals surface area contributed by atoms with E-state index in [1.54, 1.807) is 4.90 Å². The summed E-state index contributed by atoms with van der Waals surface area (Å²) in [6.07, 6.45) is 2.19. The molecule has 1 saturated carbocycles. The van der Waals surface area contributed by atoms with E-state index in [0.29, 0.717) is 31.8 Å². The number of carbonyl (C=O) groups excluding carboxylic acids is 2. The summed E-state index contributed by atoms with van der Waals surface area (Å²) in [6, 6.07) is 0. The zero-order valence-corrected chi connectivity index (χ0v) is 11.4. The average molecular weight is 269 g/mol. The molecule has 1 aliphatic carbocycles. The van der Waals surface area contributed by atoms with Gasteiger partial charge >= 0.3 is 0 Å². The van der Waals surface area contributed by atoms with Gasteiger partial charge in [0.1, 0.15) is 0 Å². The minimum Gasteiger partial charge on any atom is -0.392 e. The molecule has 0 radical (unpaired) electrons. The Kier molecular flexibility index (Phi) is 3.56. The van der Waals surface area contributed by atoms with Gasteiger partial charge in [0.05, 0.1) is 16.9 Å². The highest BCUT2D eigenvalue weighted by Gasteiger charge is 2.52. The first-order valence-electron chi connectivity index (χ1n) is 6.32. The van der Waals surface area contributed by atoms with Crippen molar-refractivity contribution in [2.45, 2.75) is 26.2 Å². The van der Waals surface area contributed by atoms with Crippen LogP contribution in [0.2, 0.25) is 0 Å². The van der Waals surface area contributed by atoms with Crippen LogP contribution in [-0.2, 0) is 9.59 Å². The third-order valence-corrected chi connectivity index (χ3v) is 4.21. The van der Waals surface area contributed by atoms with Gasteiger partial charge in [0.2, 0.25) is 11.8 Å². The fraction of sp³-hybridized carbons (Fsp3) is 0.750. The van der Waals surface area contributed by atoms with Gasteiger partial charge in [-0.2, -0.15) is 0 Å². The van der Waals surface area contributed by atoms with Crippen LogP contribution in [0, 0.1) is 11.3 Å². The van der Waals surface area contributed by atoms with E-state index in [0.717, 1.165) is 6.42 Å². The van der Waals surface area contributed by atoms with Crippen molar-refractivity contribution >= 4 is 29.0 Å². The summed E-state index contributed by atoms with van der Waals surface area (Å²) in [5.41, 5.74) is 5.06. The zero-order valence-electron chi connectivity index (χ0n) is 10.6. The number of carbonyl (C=O) groups is 2. The Balaban J connectivity index is 2.13. The number of nitrogens with one attached hydrogen (secondary N) is 1. The lowest BCUT2D eigenvalue weighted by atomic mass is 9.61. The number of hydrogen-bond acceptors (Lipinski definition) is 3. The van der Waals surface area contributed by atoms with E-state index in [-0.39, 0.29) is 23.3 Å². The molecular weight excluding hydrogens is 250 g/mol. The number of hydrogen-bond donors (Lipinski definition) is 2. The lowest BCUT2D eigenvalue weighted by Gasteiger charge is -2.46. The Labute approximate surface area is 112 Å². The summed E-state index contributed by atoms with van der Waals surface area (Å²) in [4.78, 5) is 25.9. The number of rotatable bonds is 2. The lowest BCUT2D eigenvalue weighted by molar-refractivity contribution is -0.146. The molecule has 1 saturated heterocycles. The molecule has 2 fully saturated rings. The molecule has 0 aromatic heterocycles. The highest BCUT2D eigenvalue weighted by atomic mass is 32.1. The van der Waals surface area contributed by atoms with E-state index >= 15 is 0 Å². The van der Waals surface area contributed by atoms with Crippen LogP contribution in [0.25, 0.3) is 0 Å². The fourth-order valence-corrected chi connectivity index (χ4v) is 3.15. The third kappa shape index (κ3) is 2.21. The second-order valence-corrected chi connectivity index (χ2v) is 5.83. The van der Waals surface area contributed by atoms with Crippen molar-refractivity contribution in [3.63, 3.8) is 0 Å². The Morgan fingerprint density at radius 2 is 2.22 bits per heavy atom. The van der Waals surface area contributed by atoms with E-state index in [4.69, 9.17) is 18.0 Å². The van der Waals surface area contributed by atoms with Crippen LogP contribution in [-0.4, -0.2) is 41.3 Å². The predicted octanol–water partition coefficient (Wildman–Crippen LogP) is 0.0373. The quantitative estimate of drug-likeness (QED) is 0.694. The molecule has 2 aliphatic rings. The highest BCUT2D eigenvalue weighted by Crippen LogP contribution is 2.47. The molecule has 1 heterocycles. The smallest absolute Gasteiger partial charge is 0.239 e. The topological polar surface area (TPSA) is 75.4 Å². The Morgan fingerprint density at radius 3 is 2.78 bits per heavy atom. The van der Waals surface area contributed by atoms with Crippen molar-refractivity contribution in [1.29, 1.82) is 0 Å². The van der Waals surface area contributed by atoms with E-state index < -0.39 is 5.41 Å². The molecule has 0 atom stereocenters. The zero-order chi connectivity index (χ0) is 13.3. The molecule has 0 aromatic rings. The first kappa shape index (κ1) is 13.3. The monoisotopic (exact) mass is 269 g/mol. The summed E-state index contributed by atoms with van der Waals surface area (Å²) in [7, 11) is 0. The molecule has 5 nitrogen and oxygen atoms in total. The summed E-state index contributed by atoms with van der Waals surface area (Å²) in [5, 5.41) is 2.76. The first-order valence-corrected chi connectivity index (χ1v) is 6.72. The van der Waals surface area contributed by atoms with Gasteiger partial charge in [0.25, 0.3) is 0 Å². The summed E-state index contributed by atoms with van der Waals surface area (Å²) in [6.45, 7) is 3.42. The number of nitrogens with two attached hydrogens (primary N) is 1. The SMILES string of the molecule is CC1CC(C(=O)N2CCCNC(=O)C2)(C(N)=S)C1. The van der Waals surface area contributed by atoms with Crippen LogP contribution in [0.5, 0.6) is 0 Å². The van der Waals surface area contributed by atoms with Gasteiger partial charge < -0.3 is 16.0 Å². The minimum absolute atomic E-state index is 0.0647. The third-order valence-electron chi connectivity index (χ3n) is 3.82. The summed E-state index contributed by atoms with van der Waals surface area (Å²) in [5.74, 6) is 0.299. The maximum atomic E-state index is 12.6. The van der Waals surface area contributed by atoms with Crippen molar-refractivity contribution in [1.82, 2.24) is 10.2 Å². The molecule has 0 bridgehead atoms. The fourth-order valence-electron chi connectivity index (χ4n) is 2.89. The van der Waals surface area contributed by atoms with E-state index in [1.807, 2.05) is 0 Å². The molecule has 2 rings (SSSR count). The molecular formula is C12H19N3O2S. The second kappa shape index (κ2) is 4.84. The largest absolute Gasteiger partial charge is 0.392 e. The lowest BCUT2D eigenvalue weighted by Crippen LogP contribution is -2.57. The molecule has 3 N–H and O–H groups in total. The molecule has 0 unspecified atom stereocenters. The van der Waals surface area contributed by atoms with Crippen LogP contribution in [0.3, 0.4) is 0 Å². The van der Waals surface area contributed by atoms with Crippen LogP contribution in [0.4, 0.5) is 0 Å². The van der Waals surface area contributed by atoms with Crippen molar-refractivity contribution in [2.24, 2.45) is 17.1 Å². The number of thiocarbonyl (C=S) groups is 1. The average Bonchev–Trinajstić information content (AvgIpc) is 2.48. The van der Waals surface area contributed by atoms with Crippen molar-refractivity contribution in [3.05, 3.63) is 0 Å². The molecule has 0 spiro atoms. The minimum atomic E-state index is -0.695. The van der Waals surface area contributed by atoms with Crippen LogP contribution >= 0.6 is 12.2 Å². The first-order chi connectivity index (χ1) is 8.45. The van der Waals surface area contributed by atoms with Crippen LogP contribution in [0.1, 0.15) is 26.2 Å². The molecule has 0 aromatic carbocycles. The standard InChI is InChI=1S/C12H19N3O2S/c1-8-5-12(6-8,10(13)18)11(17)15-4-2-3-14-9(16)7-15/h8H,2-7H2,1H3,(H2,13,18)(H,14,16). The molecule has 18 heavy (non-hydrogen) atoms. The van der Waals surface area contributed by atoms with Crippen molar-refractivity contribution in [3.8, 4) is 0 Å². The highest BCUT2D eigenvalue weighted by molar-refractivity contribution is 7.80. The predicted molar refractivity (Wildman–Crippen MR) is 71.8 cm³/mol. The van der Waals surface area contributed by atoms with E-state index in [2.05, 4.69) is 12.2 Å². The van der Waals surface area contributed by atoms with Gasteiger partial charge in [-0.1, -0.05) is 19.1 Å².